The van der Waals surface area contributed by atoms with Crippen LogP contribution in [0.3, 0.4) is 0 Å². The molecule has 1 atom stereocenters. The lowest BCUT2D eigenvalue weighted by Crippen LogP contribution is -2.47. The summed E-state index contributed by atoms with van der Waals surface area (Å²) in [6.07, 6.45) is 6.02. The number of ether oxygens (including phenoxy) is 2. The summed E-state index contributed by atoms with van der Waals surface area (Å²) >= 11 is 0. The number of pyridine rings is 1. The fourth-order valence-corrected chi connectivity index (χ4v) is 4.37. The van der Waals surface area contributed by atoms with Crippen LogP contribution in [0.1, 0.15) is 82.9 Å². The Balaban J connectivity index is 1.66. The zero-order valence-electron chi connectivity index (χ0n) is 19.0. The normalized spacial score (nSPS) is 19.9. The zero-order valence-corrected chi connectivity index (χ0v) is 19.0. The summed E-state index contributed by atoms with van der Waals surface area (Å²) < 4.78 is 25.6. The van der Waals surface area contributed by atoms with Crippen molar-refractivity contribution in [3.05, 3.63) is 23.1 Å². The van der Waals surface area contributed by atoms with Gasteiger partial charge in [0.15, 0.2) is 0 Å². The van der Waals surface area contributed by atoms with Crippen molar-refractivity contribution >= 4 is 12.0 Å². The molecule has 7 nitrogen and oxygen atoms in total. The van der Waals surface area contributed by atoms with E-state index in [1.54, 1.807) is 20.8 Å². The summed E-state index contributed by atoms with van der Waals surface area (Å²) in [7, 11) is 1.50. The number of carbonyl (C=O) groups is 2. The van der Waals surface area contributed by atoms with Crippen LogP contribution >= 0.6 is 0 Å². The van der Waals surface area contributed by atoms with Gasteiger partial charge in [-0.2, -0.15) is 0 Å². The predicted octanol–water partition coefficient (Wildman–Crippen LogP) is 4.29. The number of halogens is 1. The van der Waals surface area contributed by atoms with Crippen molar-refractivity contribution in [2.75, 3.05) is 13.7 Å². The van der Waals surface area contributed by atoms with E-state index in [1.165, 1.54) is 24.5 Å². The Hall–Kier alpha value is -2.38. The summed E-state index contributed by atoms with van der Waals surface area (Å²) in [6, 6.07) is 0.816. The van der Waals surface area contributed by atoms with Crippen molar-refractivity contribution < 1.29 is 23.5 Å². The van der Waals surface area contributed by atoms with Crippen LogP contribution in [-0.4, -0.2) is 47.2 Å². The first-order chi connectivity index (χ1) is 14.7. The van der Waals surface area contributed by atoms with Crippen LogP contribution in [-0.2, 0) is 16.1 Å². The Morgan fingerprint density at radius 3 is 2.55 bits per heavy atom. The molecule has 0 aromatic carbocycles. The molecule has 0 radical (unpaired) electrons. The number of rotatable bonds is 5. The molecule has 1 aliphatic carbocycles. The highest BCUT2D eigenvalue weighted by Gasteiger charge is 2.36. The number of carbonyl (C=O) groups excluding carboxylic acids is 2. The van der Waals surface area contributed by atoms with Crippen molar-refractivity contribution in [1.29, 1.82) is 0 Å². The summed E-state index contributed by atoms with van der Waals surface area (Å²) in [5, 5.41) is 2.81. The van der Waals surface area contributed by atoms with Crippen LogP contribution in [0.25, 0.3) is 0 Å². The highest BCUT2D eigenvalue weighted by Crippen LogP contribution is 2.34. The zero-order chi connectivity index (χ0) is 22.6. The third kappa shape index (κ3) is 5.86. The quantitative estimate of drug-likeness (QED) is 0.746. The van der Waals surface area contributed by atoms with Gasteiger partial charge in [0.2, 0.25) is 11.8 Å². The first kappa shape index (κ1) is 23.3. The van der Waals surface area contributed by atoms with Gasteiger partial charge in [-0.3, -0.25) is 9.69 Å². The first-order valence-corrected chi connectivity index (χ1v) is 11.2. The van der Waals surface area contributed by atoms with Crippen LogP contribution in [0.2, 0.25) is 0 Å². The molecular formula is C23H34FN3O4. The van der Waals surface area contributed by atoms with E-state index in [1.807, 2.05) is 0 Å². The SMILES string of the molecule is COc1nc(C2CCCCC2)c(F)cc1CNC(=O)C1CCCN1C(=O)OC(C)(C)C. The van der Waals surface area contributed by atoms with Crippen molar-refractivity contribution in [3.8, 4) is 5.88 Å². The summed E-state index contributed by atoms with van der Waals surface area (Å²) in [5.74, 6) is -0.194. The van der Waals surface area contributed by atoms with E-state index < -0.39 is 17.7 Å². The second kappa shape index (κ2) is 9.83. The van der Waals surface area contributed by atoms with Crippen LogP contribution in [0.4, 0.5) is 9.18 Å². The van der Waals surface area contributed by atoms with E-state index >= 15 is 0 Å². The highest BCUT2D eigenvalue weighted by molar-refractivity contribution is 5.86. The highest BCUT2D eigenvalue weighted by atomic mass is 19.1. The van der Waals surface area contributed by atoms with E-state index in [-0.39, 0.29) is 24.2 Å². The van der Waals surface area contributed by atoms with E-state index in [0.29, 0.717) is 30.1 Å². The van der Waals surface area contributed by atoms with Gasteiger partial charge in [-0.15, -0.1) is 0 Å². The number of nitrogens with zero attached hydrogens (tertiary/aromatic N) is 2. The van der Waals surface area contributed by atoms with Crippen molar-refractivity contribution in [3.63, 3.8) is 0 Å². The lowest BCUT2D eigenvalue weighted by Gasteiger charge is -2.28. The summed E-state index contributed by atoms with van der Waals surface area (Å²) in [4.78, 5) is 31.1. The molecule has 2 aliphatic rings. The first-order valence-electron chi connectivity index (χ1n) is 11.2. The number of hydrogen-bond donors (Lipinski definition) is 1. The van der Waals surface area contributed by atoms with Gasteiger partial charge >= 0.3 is 6.09 Å². The molecule has 2 fully saturated rings. The van der Waals surface area contributed by atoms with Gasteiger partial charge < -0.3 is 14.8 Å². The fraction of sp³-hybridized carbons (Fsp3) is 0.696. The van der Waals surface area contributed by atoms with Crippen LogP contribution in [0.5, 0.6) is 5.88 Å². The lowest BCUT2D eigenvalue weighted by atomic mass is 9.86. The Labute approximate surface area is 183 Å². The number of aromatic nitrogens is 1. The molecule has 172 valence electrons. The summed E-state index contributed by atoms with van der Waals surface area (Å²) in [6.45, 7) is 5.93. The molecule has 2 amide bonds. The van der Waals surface area contributed by atoms with Gasteiger partial charge in [0.25, 0.3) is 0 Å². The van der Waals surface area contributed by atoms with Crippen molar-refractivity contribution in [1.82, 2.24) is 15.2 Å². The second-order valence-corrected chi connectivity index (χ2v) is 9.41. The molecule has 1 N–H and O–H groups in total. The average molecular weight is 436 g/mol. The van der Waals surface area contributed by atoms with Crippen LogP contribution < -0.4 is 10.1 Å². The van der Waals surface area contributed by atoms with E-state index in [9.17, 15) is 14.0 Å². The Morgan fingerprint density at radius 2 is 1.90 bits per heavy atom. The maximum atomic E-state index is 14.8. The van der Waals surface area contributed by atoms with Crippen molar-refractivity contribution in [2.45, 2.75) is 89.8 Å². The van der Waals surface area contributed by atoms with E-state index in [0.717, 1.165) is 32.1 Å². The standard InChI is InChI=1S/C23H34FN3O4/c1-23(2,3)31-22(29)27-12-8-11-18(27)20(28)25-14-16-13-17(24)19(26-21(16)30-4)15-9-6-5-7-10-15/h13,15,18H,5-12,14H2,1-4H3,(H,25,28). The predicted molar refractivity (Wildman–Crippen MR) is 114 cm³/mol. The van der Waals surface area contributed by atoms with Crippen LogP contribution in [0, 0.1) is 5.82 Å². The Kier molecular flexibility index (Phi) is 7.38. The number of amides is 2. The van der Waals surface area contributed by atoms with E-state index in [4.69, 9.17) is 9.47 Å². The third-order valence-electron chi connectivity index (χ3n) is 5.86. The number of hydrogen-bond acceptors (Lipinski definition) is 5. The van der Waals surface area contributed by atoms with Crippen LogP contribution in [0.15, 0.2) is 6.07 Å². The molecule has 1 aromatic heterocycles. The molecule has 1 saturated heterocycles. The lowest BCUT2D eigenvalue weighted by molar-refractivity contribution is -0.125. The molecular weight excluding hydrogens is 401 g/mol. The smallest absolute Gasteiger partial charge is 0.410 e. The third-order valence-corrected chi connectivity index (χ3v) is 5.86. The van der Waals surface area contributed by atoms with Gasteiger partial charge in [0.1, 0.15) is 17.5 Å². The topological polar surface area (TPSA) is 80.8 Å². The Morgan fingerprint density at radius 1 is 1.19 bits per heavy atom. The molecule has 3 rings (SSSR count). The fourth-order valence-electron chi connectivity index (χ4n) is 4.37. The maximum Gasteiger partial charge on any atom is 0.410 e. The van der Waals surface area contributed by atoms with Gasteiger partial charge in [0, 0.05) is 24.6 Å². The summed E-state index contributed by atoms with van der Waals surface area (Å²) in [5.41, 5.74) is 0.311. The number of methoxy groups -OCH3 is 1. The minimum Gasteiger partial charge on any atom is -0.481 e. The number of nitrogens with one attached hydrogen (secondary N) is 1. The van der Waals surface area contributed by atoms with Gasteiger partial charge in [-0.1, -0.05) is 19.3 Å². The molecule has 2 heterocycles. The largest absolute Gasteiger partial charge is 0.481 e. The molecule has 1 unspecified atom stereocenters. The maximum absolute atomic E-state index is 14.8. The molecule has 0 spiro atoms. The molecule has 31 heavy (non-hydrogen) atoms. The van der Waals surface area contributed by atoms with Gasteiger partial charge in [0.05, 0.1) is 12.8 Å². The van der Waals surface area contributed by atoms with Crippen molar-refractivity contribution in [2.24, 2.45) is 0 Å². The average Bonchev–Trinajstić information content (AvgIpc) is 3.22. The Bertz CT molecular complexity index is 803. The number of likely N-dealkylation sites (tertiary alicyclic amines) is 1. The molecule has 1 aliphatic heterocycles. The van der Waals surface area contributed by atoms with Gasteiger partial charge in [-0.05, 0) is 52.5 Å². The molecule has 8 heteroatoms. The van der Waals surface area contributed by atoms with E-state index in [2.05, 4.69) is 10.3 Å². The van der Waals surface area contributed by atoms with Gasteiger partial charge in [-0.25, -0.2) is 14.2 Å². The molecule has 1 aromatic rings. The molecule has 1 saturated carbocycles. The minimum atomic E-state index is -0.628. The molecule has 0 bridgehead atoms. The monoisotopic (exact) mass is 435 g/mol. The minimum absolute atomic E-state index is 0.0789. The second-order valence-electron chi connectivity index (χ2n) is 9.41.